The van der Waals surface area contributed by atoms with Crippen molar-refractivity contribution in [2.45, 2.75) is 13.0 Å². The topological polar surface area (TPSA) is 64.2 Å². The highest BCUT2D eigenvalue weighted by molar-refractivity contribution is 6.42. The van der Waals surface area contributed by atoms with Crippen molar-refractivity contribution in [3.8, 4) is 0 Å². The predicted octanol–water partition coefficient (Wildman–Crippen LogP) is 2.99. The number of hydrogen-bond acceptors (Lipinski definition) is 3. The molecule has 1 atom stereocenters. The maximum absolute atomic E-state index is 12.5. The first-order valence-electron chi connectivity index (χ1n) is 6.09. The number of rotatable bonds is 1. The molecule has 2 aromatic rings. The molecule has 2 heterocycles. The molecule has 1 aromatic carbocycles. The standard InChI is InChI=1S/C13H12Cl2N4O/c1-7-6-18(8-2-3-9(14)10(15)4-8)13(20)12-11(16)5-17-19(7)12/h2-5,7H,6,16H2,1H3/t7-/m0/s1. The molecule has 7 heteroatoms. The third-order valence-corrected chi connectivity index (χ3v) is 4.09. The molecule has 2 N–H and O–H groups in total. The average Bonchev–Trinajstić information content (AvgIpc) is 2.80. The van der Waals surface area contributed by atoms with Gasteiger partial charge in [0.1, 0.15) is 5.69 Å². The van der Waals surface area contributed by atoms with E-state index in [0.717, 1.165) is 0 Å². The van der Waals surface area contributed by atoms with Crippen LogP contribution in [-0.2, 0) is 0 Å². The van der Waals surface area contributed by atoms with E-state index in [-0.39, 0.29) is 11.9 Å². The summed E-state index contributed by atoms with van der Waals surface area (Å²) < 4.78 is 1.66. The lowest BCUT2D eigenvalue weighted by molar-refractivity contribution is 0.0954. The Morgan fingerprint density at radius 3 is 2.80 bits per heavy atom. The highest BCUT2D eigenvalue weighted by Crippen LogP contribution is 2.32. The predicted molar refractivity (Wildman–Crippen MR) is 79.5 cm³/mol. The monoisotopic (exact) mass is 310 g/mol. The summed E-state index contributed by atoms with van der Waals surface area (Å²) in [7, 11) is 0. The van der Waals surface area contributed by atoms with E-state index < -0.39 is 0 Å². The molecule has 0 fully saturated rings. The molecule has 1 amide bonds. The Kier molecular flexibility index (Phi) is 3.11. The van der Waals surface area contributed by atoms with E-state index in [9.17, 15) is 4.79 Å². The van der Waals surface area contributed by atoms with Crippen LogP contribution in [0, 0.1) is 0 Å². The first-order valence-corrected chi connectivity index (χ1v) is 6.84. The Bertz CT molecular complexity index is 698. The van der Waals surface area contributed by atoms with Gasteiger partial charge in [-0.1, -0.05) is 23.2 Å². The van der Waals surface area contributed by atoms with Gasteiger partial charge in [0.05, 0.1) is 28.0 Å². The van der Waals surface area contributed by atoms with Crippen LogP contribution >= 0.6 is 23.2 Å². The van der Waals surface area contributed by atoms with Gasteiger partial charge in [0.2, 0.25) is 0 Å². The number of carbonyl (C=O) groups excluding carboxylic acids is 1. The lowest BCUT2D eigenvalue weighted by Gasteiger charge is -2.32. The van der Waals surface area contributed by atoms with Gasteiger partial charge in [0.15, 0.2) is 0 Å². The summed E-state index contributed by atoms with van der Waals surface area (Å²) >= 11 is 11.9. The third-order valence-electron chi connectivity index (χ3n) is 3.35. The van der Waals surface area contributed by atoms with Crippen LogP contribution in [0.4, 0.5) is 11.4 Å². The van der Waals surface area contributed by atoms with Crippen molar-refractivity contribution >= 4 is 40.5 Å². The Hall–Kier alpha value is -1.72. The number of hydrogen-bond donors (Lipinski definition) is 1. The van der Waals surface area contributed by atoms with Crippen molar-refractivity contribution in [1.29, 1.82) is 0 Å². The molecule has 104 valence electrons. The molecule has 0 bridgehead atoms. The molecule has 1 aromatic heterocycles. The fourth-order valence-electron chi connectivity index (χ4n) is 2.36. The van der Waals surface area contributed by atoms with E-state index in [4.69, 9.17) is 28.9 Å². The summed E-state index contributed by atoms with van der Waals surface area (Å²) in [6.45, 7) is 2.48. The zero-order chi connectivity index (χ0) is 14.4. The van der Waals surface area contributed by atoms with Gasteiger partial charge in [-0.2, -0.15) is 5.10 Å². The van der Waals surface area contributed by atoms with Crippen molar-refractivity contribution in [3.05, 3.63) is 40.1 Å². The Balaban J connectivity index is 2.06. The van der Waals surface area contributed by atoms with E-state index in [1.54, 1.807) is 27.8 Å². The molecule has 1 aliphatic heterocycles. The fraction of sp³-hybridized carbons (Fsp3) is 0.231. The van der Waals surface area contributed by atoms with E-state index in [1.165, 1.54) is 6.20 Å². The molecule has 1 aliphatic rings. The lowest BCUT2D eigenvalue weighted by atomic mass is 10.1. The Labute approximate surface area is 125 Å². The molecule has 0 spiro atoms. The molecular formula is C13H12Cl2N4O. The van der Waals surface area contributed by atoms with Crippen molar-refractivity contribution < 1.29 is 4.79 Å². The number of anilines is 2. The normalized spacial score (nSPS) is 18.2. The summed E-state index contributed by atoms with van der Waals surface area (Å²) in [6.07, 6.45) is 1.50. The van der Waals surface area contributed by atoms with Crippen LogP contribution in [0.2, 0.25) is 10.0 Å². The van der Waals surface area contributed by atoms with Gasteiger partial charge in [-0.05, 0) is 25.1 Å². The summed E-state index contributed by atoms with van der Waals surface area (Å²) in [4.78, 5) is 14.2. The number of benzene rings is 1. The van der Waals surface area contributed by atoms with Crippen molar-refractivity contribution in [1.82, 2.24) is 9.78 Å². The molecule has 0 aliphatic carbocycles. The number of nitrogens with two attached hydrogens (primary N) is 1. The molecule has 0 saturated carbocycles. The van der Waals surface area contributed by atoms with Gasteiger partial charge in [-0.15, -0.1) is 0 Å². The molecule has 20 heavy (non-hydrogen) atoms. The number of amides is 1. The molecule has 0 saturated heterocycles. The number of aromatic nitrogens is 2. The molecule has 0 radical (unpaired) electrons. The zero-order valence-corrected chi connectivity index (χ0v) is 12.2. The minimum Gasteiger partial charge on any atom is -0.396 e. The first kappa shape index (κ1) is 13.3. The smallest absolute Gasteiger partial charge is 0.278 e. The SMILES string of the molecule is C[C@H]1CN(c2ccc(Cl)c(Cl)c2)C(=O)c2c(N)cnn21. The van der Waals surface area contributed by atoms with Crippen LogP contribution in [0.3, 0.4) is 0 Å². The zero-order valence-electron chi connectivity index (χ0n) is 10.7. The second kappa shape index (κ2) is 4.68. The van der Waals surface area contributed by atoms with Gasteiger partial charge < -0.3 is 10.6 Å². The van der Waals surface area contributed by atoms with Crippen molar-refractivity contribution in [2.75, 3.05) is 17.2 Å². The van der Waals surface area contributed by atoms with Crippen LogP contribution in [0.5, 0.6) is 0 Å². The minimum absolute atomic E-state index is 0.0365. The van der Waals surface area contributed by atoms with E-state index in [2.05, 4.69) is 5.10 Å². The highest BCUT2D eigenvalue weighted by Gasteiger charge is 2.32. The number of nitrogens with zero attached hydrogens (tertiary/aromatic N) is 3. The highest BCUT2D eigenvalue weighted by atomic mass is 35.5. The third kappa shape index (κ3) is 1.94. The summed E-state index contributed by atoms with van der Waals surface area (Å²) in [5.41, 5.74) is 7.32. The maximum atomic E-state index is 12.5. The summed E-state index contributed by atoms with van der Waals surface area (Å²) in [5, 5.41) is 5.01. The van der Waals surface area contributed by atoms with Crippen LogP contribution in [0.15, 0.2) is 24.4 Å². The Morgan fingerprint density at radius 2 is 2.10 bits per heavy atom. The first-order chi connectivity index (χ1) is 9.49. The number of nitrogen functional groups attached to an aromatic ring is 1. The van der Waals surface area contributed by atoms with E-state index in [0.29, 0.717) is 33.7 Å². The largest absolute Gasteiger partial charge is 0.396 e. The summed E-state index contributed by atoms with van der Waals surface area (Å²) in [6, 6.07) is 5.15. The molecular weight excluding hydrogens is 299 g/mol. The number of halogens is 2. The molecule has 5 nitrogen and oxygen atoms in total. The minimum atomic E-state index is -0.184. The van der Waals surface area contributed by atoms with Crippen LogP contribution in [-0.4, -0.2) is 22.2 Å². The van der Waals surface area contributed by atoms with Gasteiger partial charge in [-0.25, -0.2) is 0 Å². The summed E-state index contributed by atoms with van der Waals surface area (Å²) in [5.74, 6) is -0.184. The van der Waals surface area contributed by atoms with Gasteiger partial charge in [-0.3, -0.25) is 9.48 Å². The number of carbonyl (C=O) groups is 1. The van der Waals surface area contributed by atoms with Crippen LogP contribution in [0.1, 0.15) is 23.5 Å². The number of fused-ring (bicyclic) bond motifs is 1. The van der Waals surface area contributed by atoms with Crippen molar-refractivity contribution in [3.63, 3.8) is 0 Å². The average molecular weight is 311 g/mol. The van der Waals surface area contributed by atoms with E-state index in [1.807, 2.05) is 6.92 Å². The quantitative estimate of drug-likeness (QED) is 0.880. The molecule has 3 rings (SSSR count). The second-order valence-corrected chi connectivity index (χ2v) is 5.57. The van der Waals surface area contributed by atoms with Gasteiger partial charge in [0, 0.05) is 12.2 Å². The van der Waals surface area contributed by atoms with Crippen LogP contribution in [0.25, 0.3) is 0 Å². The lowest BCUT2D eigenvalue weighted by Crippen LogP contribution is -2.42. The van der Waals surface area contributed by atoms with E-state index >= 15 is 0 Å². The second-order valence-electron chi connectivity index (χ2n) is 4.76. The Morgan fingerprint density at radius 1 is 1.35 bits per heavy atom. The van der Waals surface area contributed by atoms with Crippen LogP contribution < -0.4 is 10.6 Å². The van der Waals surface area contributed by atoms with Gasteiger partial charge >= 0.3 is 0 Å². The fourth-order valence-corrected chi connectivity index (χ4v) is 2.65. The van der Waals surface area contributed by atoms with Gasteiger partial charge in [0.25, 0.3) is 5.91 Å². The maximum Gasteiger partial charge on any atom is 0.278 e. The molecule has 0 unspecified atom stereocenters. The van der Waals surface area contributed by atoms with Crippen molar-refractivity contribution in [2.24, 2.45) is 0 Å².